The number of piperidine rings is 1. The van der Waals surface area contributed by atoms with Crippen molar-refractivity contribution < 1.29 is 9.53 Å². The molecule has 2 aliphatic heterocycles. The molecule has 1 fully saturated rings. The van der Waals surface area contributed by atoms with Gasteiger partial charge in [0.2, 0.25) is 17.7 Å². The molecule has 0 unspecified atom stereocenters. The zero-order valence-electron chi connectivity index (χ0n) is 12.0. The Morgan fingerprint density at radius 2 is 2.00 bits per heavy atom. The molecule has 2 aliphatic rings. The number of nitrogens with two attached hydrogens (primary N) is 3. The number of fused-ring (bicyclic) bond motifs is 1. The Bertz CT molecular complexity index is 580. The first kappa shape index (κ1) is 13.9. The second-order valence-corrected chi connectivity index (χ2v) is 5.83. The van der Waals surface area contributed by atoms with Gasteiger partial charge >= 0.3 is 0 Å². The Hall–Kier alpha value is -2.09. The van der Waals surface area contributed by atoms with Crippen molar-refractivity contribution in [3.63, 3.8) is 0 Å². The molecule has 8 heteroatoms. The summed E-state index contributed by atoms with van der Waals surface area (Å²) in [7, 11) is 0. The van der Waals surface area contributed by atoms with Crippen LogP contribution in [0.2, 0.25) is 0 Å². The number of likely N-dealkylation sites (tertiary alicyclic amines) is 1. The number of amides is 1. The van der Waals surface area contributed by atoms with E-state index < -0.39 is 6.04 Å². The lowest BCUT2D eigenvalue weighted by Crippen LogP contribution is -2.52. The second kappa shape index (κ2) is 4.73. The van der Waals surface area contributed by atoms with Crippen molar-refractivity contribution in [2.75, 3.05) is 24.6 Å². The van der Waals surface area contributed by atoms with Crippen LogP contribution < -0.4 is 21.9 Å². The van der Waals surface area contributed by atoms with Crippen LogP contribution in [-0.2, 0) is 11.2 Å². The number of rotatable bonds is 1. The van der Waals surface area contributed by atoms with Crippen molar-refractivity contribution in [2.24, 2.45) is 5.73 Å². The summed E-state index contributed by atoms with van der Waals surface area (Å²) >= 11 is 0. The maximum Gasteiger partial charge on any atom is 0.239 e. The van der Waals surface area contributed by atoms with Crippen molar-refractivity contribution in [3.8, 4) is 5.88 Å². The third-order valence-electron chi connectivity index (χ3n) is 4.21. The van der Waals surface area contributed by atoms with Crippen molar-refractivity contribution in [1.29, 1.82) is 0 Å². The van der Waals surface area contributed by atoms with Gasteiger partial charge in [0.05, 0.1) is 11.6 Å². The van der Waals surface area contributed by atoms with Crippen LogP contribution in [0.1, 0.15) is 25.3 Å². The molecule has 114 valence electrons. The summed E-state index contributed by atoms with van der Waals surface area (Å²) in [5.74, 6) is 0.951. The maximum atomic E-state index is 11.9. The first-order valence-corrected chi connectivity index (χ1v) is 7.05. The minimum absolute atomic E-state index is 0.0242. The van der Waals surface area contributed by atoms with E-state index in [-0.39, 0.29) is 17.5 Å². The van der Waals surface area contributed by atoms with Gasteiger partial charge in [-0.1, -0.05) is 0 Å². The molecule has 0 saturated carbocycles. The van der Waals surface area contributed by atoms with Gasteiger partial charge in [-0.15, -0.1) is 0 Å². The van der Waals surface area contributed by atoms with Gasteiger partial charge < -0.3 is 26.8 Å². The molecule has 1 saturated heterocycles. The van der Waals surface area contributed by atoms with E-state index in [2.05, 4.69) is 9.97 Å². The van der Waals surface area contributed by atoms with Crippen molar-refractivity contribution in [2.45, 2.75) is 37.8 Å². The molecule has 3 rings (SSSR count). The number of anilines is 2. The number of carbonyl (C=O) groups is 1. The summed E-state index contributed by atoms with van der Waals surface area (Å²) in [6, 6.07) is -0.470. The van der Waals surface area contributed by atoms with Crippen LogP contribution in [0.4, 0.5) is 11.8 Å². The van der Waals surface area contributed by atoms with E-state index in [1.54, 1.807) is 11.8 Å². The molecule has 1 atom stereocenters. The second-order valence-electron chi connectivity index (χ2n) is 5.83. The molecule has 1 spiro atoms. The number of nitrogens with zero attached hydrogens (tertiary/aromatic N) is 3. The van der Waals surface area contributed by atoms with Crippen LogP contribution in [0.3, 0.4) is 0 Å². The lowest BCUT2D eigenvalue weighted by Gasteiger charge is -2.38. The molecule has 21 heavy (non-hydrogen) atoms. The fourth-order valence-electron chi connectivity index (χ4n) is 3.01. The van der Waals surface area contributed by atoms with Crippen LogP contribution >= 0.6 is 0 Å². The zero-order chi connectivity index (χ0) is 15.2. The minimum atomic E-state index is -0.470. The average Bonchev–Trinajstić information content (AvgIpc) is 2.77. The first-order valence-electron chi connectivity index (χ1n) is 7.05. The highest BCUT2D eigenvalue weighted by Gasteiger charge is 2.45. The van der Waals surface area contributed by atoms with Gasteiger partial charge in [-0.3, -0.25) is 4.79 Å². The van der Waals surface area contributed by atoms with E-state index in [9.17, 15) is 4.79 Å². The van der Waals surface area contributed by atoms with Crippen molar-refractivity contribution in [3.05, 3.63) is 5.56 Å². The highest BCUT2D eigenvalue weighted by molar-refractivity contribution is 5.81. The van der Waals surface area contributed by atoms with E-state index >= 15 is 0 Å². The quantitative estimate of drug-likeness (QED) is 0.622. The molecule has 0 aliphatic carbocycles. The molecular weight excluding hydrogens is 272 g/mol. The average molecular weight is 292 g/mol. The van der Waals surface area contributed by atoms with Crippen LogP contribution in [0.15, 0.2) is 0 Å². The molecule has 0 bridgehead atoms. The van der Waals surface area contributed by atoms with Gasteiger partial charge in [-0.2, -0.15) is 9.97 Å². The van der Waals surface area contributed by atoms with E-state index in [4.69, 9.17) is 21.9 Å². The molecule has 1 aromatic rings. The molecule has 6 N–H and O–H groups in total. The molecule has 1 amide bonds. The molecular formula is C13H20N6O2. The molecule has 0 radical (unpaired) electrons. The number of hydrogen-bond acceptors (Lipinski definition) is 7. The number of aromatic nitrogens is 2. The molecule has 3 heterocycles. The summed E-state index contributed by atoms with van der Waals surface area (Å²) in [6.07, 6.45) is 2.11. The van der Waals surface area contributed by atoms with Crippen LogP contribution in [0.5, 0.6) is 5.88 Å². The summed E-state index contributed by atoms with van der Waals surface area (Å²) < 4.78 is 6.01. The Labute approximate surface area is 122 Å². The van der Waals surface area contributed by atoms with E-state index in [0.29, 0.717) is 31.2 Å². The Morgan fingerprint density at radius 1 is 1.33 bits per heavy atom. The summed E-state index contributed by atoms with van der Waals surface area (Å²) in [4.78, 5) is 21.8. The third-order valence-corrected chi connectivity index (χ3v) is 4.21. The lowest BCUT2D eigenvalue weighted by atomic mass is 9.87. The molecule has 8 nitrogen and oxygen atoms in total. The monoisotopic (exact) mass is 292 g/mol. The van der Waals surface area contributed by atoms with Crippen LogP contribution in [0, 0.1) is 0 Å². The van der Waals surface area contributed by atoms with Crippen molar-refractivity contribution in [1.82, 2.24) is 14.9 Å². The van der Waals surface area contributed by atoms with Gasteiger partial charge in [0.15, 0.2) is 0 Å². The largest absolute Gasteiger partial charge is 0.470 e. The Balaban J connectivity index is 1.73. The fourth-order valence-corrected chi connectivity index (χ4v) is 3.01. The van der Waals surface area contributed by atoms with Gasteiger partial charge in [0, 0.05) is 32.4 Å². The van der Waals surface area contributed by atoms with E-state index in [0.717, 1.165) is 18.4 Å². The summed E-state index contributed by atoms with van der Waals surface area (Å²) in [5.41, 5.74) is 17.6. The Morgan fingerprint density at radius 3 is 2.62 bits per heavy atom. The summed E-state index contributed by atoms with van der Waals surface area (Å²) in [6.45, 7) is 2.95. The Kier molecular flexibility index (Phi) is 3.12. The maximum absolute atomic E-state index is 11.9. The topological polar surface area (TPSA) is 133 Å². The summed E-state index contributed by atoms with van der Waals surface area (Å²) in [5, 5.41) is 0. The van der Waals surface area contributed by atoms with E-state index in [1.165, 1.54) is 0 Å². The number of nitrogen functional groups attached to an aromatic ring is 2. The highest BCUT2D eigenvalue weighted by atomic mass is 16.5. The minimum Gasteiger partial charge on any atom is -0.470 e. The van der Waals surface area contributed by atoms with Crippen LogP contribution in [0.25, 0.3) is 0 Å². The number of ether oxygens (including phenoxy) is 1. The van der Waals surface area contributed by atoms with Gasteiger partial charge in [-0.25, -0.2) is 0 Å². The van der Waals surface area contributed by atoms with Gasteiger partial charge in [0.1, 0.15) is 11.4 Å². The fraction of sp³-hybridized carbons (Fsp3) is 0.615. The third kappa shape index (κ3) is 2.35. The van der Waals surface area contributed by atoms with Gasteiger partial charge in [0.25, 0.3) is 0 Å². The predicted octanol–water partition coefficient (Wildman–Crippen LogP) is -0.716. The first-order chi connectivity index (χ1) is 9.90. The van der Waals surface area contributed by atoms with Crippen LogP contribution in [-0.4, -0.2) is 45.5 Å². The SMILES string of the molecule is C[C@H](N)C(=O)N1CCC2(CC1)Cc1c(N)nc(N)nc1O2. The molecule has 0 aromatic carbocycles. The highest BCUT2D eigenvalue weighted by Crippen LogP contribution is 2.42. The molecule has 1 aromatic heterocycles. The number of carbonyl (C=O) groups excluding carboxylic acids is 1. The number of hydrogen-bond donors (Lipinski definition) is 3. The predicted molar refractivity (Wildman–Crippen MR) is 77.4 cm³/mol. The van der Waals surface area contributed by atoms with Gasteiger partial charge in [-0.05, 0) is 6.92 Å². The zero-order valence-corrected chi connectivity index (χ0v) is 12.0. The normalized spacial score (nSPS) is 21.0. The van der Waals surface area contributed by atoms with E-state index in [1.807, 2.05) is 0 Å². The smallest absolute Gasteiger partial charge is 0.239 e. The standard InChI is InChI=1S/C13H20N6O2/c1-7(14)11(20)19-4-2-13(3-5-19)6-8-9(15)17-12(16)18-10(8)21-13/h7H,2-6,14H2,1H3,(H4,15,16,17,18)/t7-/m0/s1. The van der Waals surface area contributed by atoms with Crippen molar-refractivity contribution >= 4 is 17.7 Å². The lowest BCUT2D eigenvalue weighted by molar-refractivity contribution is -0.135.